The topological polar surface area (TPSA) is 69.2 Å². The first-order chi connectivity index (χ1) is 12.2. The molecule has 0 radical (unpaired) electrons. The number of carbonyl (C=O) groups is 1. The number of ether oxygens (including phenoxy) is 1. The highest BCUT2D eigenvalue weighted by atomic mass is 32.2. The number of nitrogens with zero attached hydrogens (tertiary/aromatic N) is 2. The van der Waals surface area contributed by atoms with Crippen molar-refractivity contribution in [2.45, 2.75) is 18.4 Å². The monoisotopic (exact) mass is 372 g/mol. The normalized spacial score (nSPS) is 10.8. The van der Waals surface area contributed by atoms with Crippen molar-refractivity contribution in [2.24, 2.45) is 0 Å². The SMILES string of the molecule is CCOC(=O)CCSc1ccc(-c2nc(=O)c3ccccc3s2)cn1. The molecule has 2 aromatic heterocycles. The maximum atomic E-state index is 12.1. The van der Waals surface area contributed by atoms with Crippen LogP contribution in [0.25, 0.3) is 20.7 Å². The van der Waals surface area contributed by atoms with Gasteiger partial charge in [-0.25, -0.2) is 4.98 Å². The number of carbonyl (C=O) groups excluding carboxylic acids is 1. The van der Waals surface area contributed by atoms with Crippen LogP contribution in [-0.2, 0) is 9.53 Å². The Labute approximate surface area is 153 Å². The van der Waals surface area contributed by atoms with Gasteiger partial charge in [0.15, 0.2) is 0 Å². The number of pyridine rings is 1. The zero-order valence-electron chi connectivity index (χ0n) is 13.6. The fraction of sp³-hybridized carbons (Fsp3) is 0.222. The van der Waals surface area contributed by atoms with Crippen LogP contribution in [0.5, 0.6) is 0 Å². The zero-order chi connectivity index (χ0) is 17.6. The van der Waals surface area contributed by atoms with Crippen LogP contribution in [0.2, 0.25) is 0 Å². The summed E-state index contributed by atoms with van der Waals surface area (Å²) in [4.78, 5) is 32.0. The van der Waals surface area contributed by atoms with Crippen molar-refractivity contribution in [1.29, 1.82) is 0 Å². The summed E-state index contributed by atoms with van der Waals surface area (Å²) < 4.78 is 5.80. The number of aromatic nitrogens is 2. The molecule has 2 heterocycles. The highest BCUT2D eigenvalue weighted by Gasteiger charge is 2.08. The standard InChI is InChI=1S/C18H16N2O3S2/c1-2-23-16(21)9-10-24-15-8-7-12(11-19-15)18-20-17(22)13-5-3-4-6-14(13)25-18/h3-8,11H,2,9-10H2,1H3. The van der Waals surface area contributed by atoms with Gasteiger partial charge >= 0.3 is 5.97 Å². The fourth-order valence-electron chi connectivity index (χ4n) is 2.20. The van der Waals surface area contributed by atoms with Crippen LogP contribution in [0.3, 0.4) is 0 Å². The third-order valence-electron chi connectivity index (χ3n) is 3.37. The van der Waals surface area contributed by atoms with Crippen LogP contribution >= 0.6 is 23.1 Å². The summed E-state index contributed by atoms with van der Waals surface area (Å²) in [6, 6.07) is 11.2. The lowest BCUT2D eigenvalue weighted by molar-refractivity contribution is -0.142. The van der Waals surface area contributed by atoms with Gasteiger partial charge in [0.2, 0.25) is 0 Å². The van der Waals surface area contributed by atoms with Gasteiger partial charge < -0.3 is 4.74 Å². The van der Waals surface area contributed by atoms with E-state index in [-0.39, 0.29) is 11.5 Å². The molecule has 0 atom stereocenters. The summed E-state index contributed by atoms with van der Waals surface area (Å²) in [5, 5.41) is 2.11. The van der Waals surface area contributed by atoms with Crippen molar-refractivity contribution in [3.8, 4) is 10.6 Å². The summed E-state index contributed by atoms with van der Waals surface area (Å²) in [7, 11) is 0. The minimum atomic E-state index is -0.225. The van der Waals surface area contributed by atoms with Gasteiger partial charge in [-0.15, -0.1) is 23.1 Å². The number of benzene rings is 1. The first kappa shape index (κ1) is 17.6. The average molecular weight is 372 g/mol. The number of rotatable bonds is 6. The van der Waals surface area contributed by atoms with E-state index in [0.29, 0.717) is 29.2 Å². The van der Waals surface area contributed by atoms with Crippen LogP contribution in [-0.4, -0.2) is 28.3 Å². The molecule has 0 saturated carbocycles. The number of hydrogen-bond acceptors (Lipinski definition) is 7. The minimum Gasteiger partial charge on any atom is -0.466 e. The molecule has 0 aliphatic carbocycles. The molecule has 0 bridgehead atoms. The molecule has 0 N–H and O–H groups in total. The number of hydrogen-bond donors (Lipinski definition) is 0. The van der Waals surface area contributed by atoms with Gasteiger partial charge in [0.05, 0.1) is 23.4 Å². The zero-order valence-corrected chi connectivity index (χ0v) is 15.2. The second-order valence-corrected chi connectivity index (χ2v) is 7.25. The van der Waals surface area contributed by atoms with Gasteiger partial charge in [-0.05, 0) is 31.2 Å². The van der Waals surface area contributed by atoms with Gasteiger partial charge in [0, 0.05) is 22.2 Å². The van der Waals surface area contributed by atoms with E-state index in [9.17, 15) is 9.59 Å². The van der Waals surface area contributed by atoms with Gasteiger partial charge in [-0.1, -0.05) is 12.1 Å². The molecule has 0 unspecified atom stereocenters. The quantitative estimate of drug-likeness (QED) is 0.485. The van der Waals surface area contributed by atoms with E-state index in [0.717, 1.165) is 15.3 Å². The van der Waals surface area contributed by atoms with Crippen LogP contribution in [0.15, 0.2) is 52.4 Å². The molecule has 0 aliphatic rings. The molecular formula is C18H16N2O3S2. The second kappa shape index (κ2) is 8.22. The lowest BCUT2D eigenvalue weighted by Crippen LogP contribution is -2.05. The predicted molar refractivity (Wildman–Crippen MR) is 101 cm³/mol. The maximum absolute atomic E-state index is 12.1. The molecule has 0 spiro atoms. The van der Waals surface area contributed by atoms with E-state index >= 15 is 0 Å². The molecule has 0 saturated heterocycles. The van der Waals surface area contributed by atoms with Crippen molar-refractivity contribution >= 4 is 39.2 Å². The highest BCUT2D eigenvalue weighted by molar-refractivity contribution is 7.99. The molecule has 0 amide bonds. The predicted octanol–water partition coefficient (Wildman–Crippen LogP) is 3.76. The van der Waals surface area contributed by atoms with Crippen LogP contribution in [0, 0.1) is 0 Å². The van der Waals surface area contributed by atoms with E-state index in [1.807, 2.05) is 30.3 Å². The minimum absolute atomic E-state index is 0.197. The van der Waals surface area contributed by atoms with Gasteiger partial charge in [-0.3, -0.25) is 9.59 Å². The van der Waals surface area contributed by atoms with E-state index in [2.05, 4.69) is 9.97 Å². The Bertz CT molecular complexity index is 939. The third kappa shape index (κ3) is 4.43. The summed E-state index contributed by atoms with van der Waals surface area (Å²) in [6.45, 7) is 2.19. The molecule has 3 rings (SSSR count). The Balaban J connectivity index is 1.72. The third-order valence-corrected chi connectivity index (χ3v) is 5.41. The van der Waals surface area contributed by atoms with Crippen molar-refractivity contribution in [3.63, 3.8) is 0 Å². The van der Waals surface area contributed by atoms with Crippen LogP contribution in [0.1, 0.15) is 13.3 Å². The molecule has 1 aromatic carbocycles. The summed E-state index contributed by atoms with van der Waals surface area (Å²) in [5.41, 5.74) is 0.583. The van der Waals surface area contributed by atoms with E-state index in [1.54, 1.807) is 19.2 Å². The maximum Gasteiger partial charge on any atom is 0.306 e. The second-order valence-electron chi connectivity index (χ2n) is 5.11. The Hall–Kier alpha value is -2.25. The Morgan fingerprint density at radius 2 is 2.08 bits per heavy atom. The first-order valence-electron chi connectivity index (χ1n) is 7.82. The number of thioether (sulfide) groups is 1. The molecule has 7 heteroatoms. The molecule has 5 nitrogen and oxygen atoms in total. The molecule has 3 aromatic rings. The number of fused-ring (bicyclic) bond motifs is 1. The van der Waals surface area contributed by atoms with E-state index in [1.165, 1.54) is 23.1 Å². The highest BCUT2D eigenvalue weighted by Crippen LogP contribution is 2.26. The smallest absolute Gasteiger partial charge is 0.306 e. The van der Waals surface area contributed by atoms with Gasteiger partial charge in [-0.2, -0.15) is 4.98 Å². The van der Waals surface area contributed by atoms with Crippen molar-refractivity contribution in [1.82, 2.24) is 9.97 Å². The Morgan fingerprint density at radius 1 is 1.24 bits per heavy atom. The van der Waals surface area contributed by atoms with Gasteiger partial charge in [0.25, 0.3) is 5.56 Å². The van der Waals surface area contributed by atoms with E-state index in [4.69, 9.17) is 4.74 Å². The molecular weight excluding hydrogens is 356 g/mol. The van der Waals surface area contributed by atoms with Crippen molar-refractivity contribution in [3.05, 3.63) is 52.9 Å². The van der Waals surface area contributed by atoms with Gasteiger partial charge in [0.1, 0.15) is 5.01 Å². The summed E-state index contributed by atoms with van der Waals surface area (Å²) in [5.74, 6) is 0.420. The molecule has 0 aliphatic heterocycles. The molecule has 25 heavy (non-hydrogen) atoms. The average Bonchev–Trinajstić information content (AvgIpc) is 2.62. The lowest BCUT2D eigenvalue weighted by atomic mass is 10.3. The first-order valence-corrected chi connectivity index (χ1v) is 9.62. The summed E-state index contributed by atoms with van der Waals surface area (Å²) >= 11 is 2.96. The fourth-order valence-corrected chi connectivity index (χ4v) is 3.96. The van der Waals surface area contributed by atoms with E-state index < -0.39 is 0 Å². The largest absolute Gasteiger partial charge is 0.466 e. The number of esters is 1. The molecule has 128 valence electrons. The summed E-state index contributed by atoms with van der Waals surface area (Å²) in [6.07, 6.45) is 2.07. The van der Waals surface area contributed by atoms with Crippen molar-refractivity contribution < 1.29 is 9.53 Å². The Morgan fingerprint density at radius 3 is 2.84 bits per heavy atom. The molecule has 0 fully saturated rings. The van der Waals surface area contributed by atoms with Crippen LogP contribution in [0.4, 0.5) is 0 Å². The van der Waals surface area contributed by atoms with Crippen molar-refractivity contribution in [2.75, 3.05) is 12.4 Å². The lowest BCUT2D eigenvalue weighted by Gasteiger charge is -2.04. The Kier molecular flexibility index (Phi) is 5.78. The van der Waals surface area contributed by atoms with Crippen LogP contribution < -0.4 is 5.56 Å².